The van der Waals surface area contributed by atoms with Crippen LogP contribution in [0.1, 0.15) is 58.8 Å². The van der Waals surface area contributed by atoms with Crippen molar-refractivity contribution in [2.45, 2.75) is 58.8 Å². The van der Waals surface area contributed by atoms with Crippen LogP contribution in [-0.4, -0.2) is 26.8 Å². The van der Waals surface area contributed by atoms with E-state index in [2.05, 4.69) is 19.2 Å². The lowest BCUT2D eigenvalue weighted by atomic mass is 9.71. The lowest BCUT2D eigenvalue weighted by molar-refractivity contribution is 0.150. The molecule has 2 heteroatoms. The maximum Gasteiger partial charge on any atom is 0.0462 e. The molecule has 108 valence electrons. The van der Waals surface area contributed by atoms with Crippen LogP contribution in [0.5, 0.6) is 0 Å². The van der Waals surface area contributed by atoms with Crippen molar-refractivity contribution in [3.63, 3.8) is 0 Å². The minimum absolute atomic E-state index is 0.926. The third-order valence-electron chi connectivity index (χ3n) is 4.66. The summed E-state index contributed by atoms with van der Waals surface area (Å²) in [7, 11) is 1.81. The fourth-order valence-electron chi connectivity index (χ4n) is 3.40. The number of hydrogen-bond donors (Lipinski definition) is 1. The number of nitrogens with one attached hydrogen (secondary N) is 1. The molecule has 0 radical (unpaired) electrons. The Morgan fingerprint density at radius 2 is 1.94 bits per heavy atom. The monoisotopic (exact) mass is 255 g/mol. The second kappa shape index (κ2) is 9.80. The van der Waals surface area contributed by atoms with Gasteiger partial charge in [-0.1, -0.05) is 39.5 Å². The summed E-state index contributed by atoms with van der Waals surface area (Å²) >= 11 is 0. The van der Waals surface area contributed by atoms with Crippen molar-refractivity contribution in [2.24, 2.45) is 17.8 Å². The van der Waals surface area contributed by atoms with E-state index in [0.717, 1.165) is 30.9 Å². The Morgan fingerprint density at radius 1 is 1.11 bits per heavy atom. The van der Waals surface area contributed by atoms with Crippen molar-refractivity contribution in [2.75, 3.05) is 26.8 Å². The predicted octanol–water partition coefficient (Wildman–Crippen LogP) is 3.86. The van der Waals surface area contributed by atoms with E-state index < -0.39 is 0 Å². The quantitative estimate of drug-likeness (QED) is 0.632. The van der Waals surface area contributed by atoms with Crippen LogP contribution in [0.15, 0.2) is 0 Å². The van der Waals surface area contributed by atoms with Crippen molar-refractivity contribution >= 4 is 0 Å². The number of methoxy groups -OCH3 is 1. The largest absolute Gasteiger partial charge is 0.385 e. The highest BCUT2D eigenvalue weighted by Crippen LogP contribution is 2.37. The van der Waals surface area contributed by atoms with E-state index in [1.54, 1.807) is 0 Å². The zero-order valence-electron chi connectivity index (χ0n) is 12.7. The van der Waals surface area contributed by atoms with E-state index in [1.165, 1.54) is 51.5 Å². The van der Waals surface area contributed by atoms with Gasteiger partial charge in [0.05, 0.1) is 0 Å². The van der Waals surface area contributed by atoms with Gasteiger partial charge in [0, 0.05) is 13.7 Å². The maximum atomic E-state index is 5.15. The van der Waals surface area contributed by atoms with Crippen LogP contribution in [0.25, 0.3) is 0 Å². The van der Waals surface area contributed by atoms with E-state index in [-0.39, 0.29) is 0 Å². The van der Waals surface area contributed by atoms with Gasteiger partial charge >= 0.3 is 0 Å². The smallest absolute Gasteiger partial charge is 0.0462 e. The Morgan fingerprint density at radius 3 is 2.61 bits per heavy atom. The van der Waals surface area contributed by atoms with Gasteiger partial charge in [-0.05, 0) is 50.1 Å². The summed E-state index contributed by atoms with van der Waals surface area (Å²) in [5.41, 5.74) is 0. The van der Waals surface area contributed by atoms with Crippen LogP contribution < -0.4 is 5.32 Å². The molecule has 3 unspecified atom stereocenters. The summed E-state index contributed by atoms with van der Waals surface area (Å²) < 4.78 is 5.15. The highest BCUT2D eigenvalue weighted by Gasteiger charge is 2.28. The molecule has 0 aromatic carbocycles. The molecule has 1 aliphatic rings. The number of unbranched alkanes of at least 4 members (excludes halogenated alkanes) is 1. The molecule has 18 heavy (non-hydrogen) atoms. The number of ether oxygens (including phenoxy) is 1. The second-order valence-electron chi connectivity index (χ2n) is 5.90. The SMILES string of the molecule is CCNCC1CCC(CC)CC1CCCCOC. The van der Waals surface area contributed by atoms with E-state index in [9.17, 15) is 0 Å². The van der Waals surface area contributed by atoms with Crippen molar-refractivity contribution in [1.82, 2.24) is 5.32 Å². The molecule has 0 heterocycles. The van der Waals surface area contributed by atoms with Crippen LogP contribution in [0, 0.1) is 17.8 Å². The van der Waals surface area contributed by atoms with Gasteiger partial charge in [0.15, 0.2) is 0 Å². The first-order chi connectivity index (χ1) is 8.81. The maximum absolute atomic E-state index is 5.15. The Labute approximate surface area is 114 Å². The lowest BCUT2D eigenvalue weighted by Gasteiger charge is -2.36. The summed E-state index contributed by atoms with van der Waals surface area (Å²) in [5, 5.41) is 3.56. The molecule has 0 aromatic heterocycles. The highest BCUT2D eigenvalue weighted by molar-refractivity contribution is 4.81. The van der Waals surface area contributed by atoms with Gasteiger partial charge in [-0.25, -0.2) is 0 Å². The van der Waals surface area contributed by atoms with E-state index in [0.29, 0.717) is 0 Å². The Balaban J connectivity index is 2.33. The zero-order valence-corrected chi connectivity index (χ0v) is 12.7. The Bertz CT molecular complexity index is 196. The highest BCUT2D eigenvalue weighted by atomic mass is 16.5. The van der Waals surface area contributed by atoms with Crippen LogP contribution in [0.2, 0.25) is 0 Å². The van der Waals surface area contributed by atoms with E-state index in [4.69, 9.17) is 4.74 Å². The first kappa shape index (κ1) is 16.0. The van der Waals surface area contributed by atoms with Crippen LogP contribution in [-0.2, 0) is 4.74 Å². The molecule has 1 aliphatic carbocycles. The molecular formula is C16H33NO. The minimum Gasteiger partial charge on any atom is -0.385 e. The zero-order chi connectivity index (χ0) is 13.2. The van der Waals surface area contributed by atoms with Crippen LogP contribution in [0.4, 0.5) is 0 Å². The van der Waals surface area contributed by atoms with Crippen molar-refractivity contribution in [3.05, 3.63) is 0 Å². The van der Waals surface area contributed by atoms with Crippen molar-refractivity contribution in [1.29, 1.82) is 0 Å². The van der Waals surface area contributed by atoms with Gasteiger partial charge in [0.25, 0.3) is 0 Å². The number of hydrogen-bond acceptors (Lipinski definition) is 2. The minimum atomic E-state index is 0.926. The lowest BCUT2D eigenvalue weighted by Crippen LogP contribution is -2.33. The fourth-order valence-corrected chi connectivity index (χ4v) is 3.40. The van der Waals surface area contributed by atoms with Gasteiger partial charge in [-0.3, -0.25) is 0 Å². The molecule has 0 bridgehead atoms. The van der Waals surface area contributed by atoms with Crippen LogP contribution >= 0.6 is 0 Å². The molecule has 0 saturated heterocycles. The summed E-state index contributed by atoms with van der Waals surface area (Å²) in [6, 6.07) is 0. The first-order valence-corrected chi connectivity index (χ1v) is 8.01. The van der Waals surface area contributed by atoms with Gasteiger partial charge in [0.1, 0.15) is 0 Å². The fraction of sp³-hybridized carbons (Fsp3) is 1.00. The summed E-state index contributed by atoms with van der Waals surface area (Å²) in [4.78, 5) is 0. The molecule has 1 fully saturated rings. The third-order valence-corrected chi connectivity index (χ3v) is 4.66. The van der Waals surface area contributed by atoms with E-state index >= 15 is 0 Å². The molecule has 0 amide bonds. The predicted molar refractivity (Wildman–Crippen MR) is 78.9 cm³/mol. The molecule has 2 nitrogen and oxygen atoms in total. The van der Waals surface area contributed by atoms with Gasteiger partial charge in [-0.2, -0.15) is 0 Å². The molecule has 0 aliphatic heterocycles. The average Bonchev–Trinajstić information content (AvgIpc) is 2.42. The normalized spacial score (nSPS) is 28.5. The van der Waals surface area contributed by atoms with Gasteiger partial charge < -0.3 is 10.1 Å². The summed E-state index contributed by atoms with van der Waals surface area (Å²) in [6.07, 6.45) is 9.74. The molecule has 3 atom stereocenters. The number of rotatable bonds is 9. The Kier molecular flexibility index (Phi) is 8.70. The second-order valence-corrected chi connectivity index (χ2v) is 5.90. The molecule has 1 saturated carbocycles. The molecule has 1 rings (SSSR count). The first-order valence-electron chi connectivity index (χ1n) is 8.01. The average molecular weight is 255 g/mol. The molecule has 0 aromatic rings. The summed E-state index contributed by atoms with van der Waals surface area (Å²) in [5.74, 6) is 2.88. The molecule has 1 N–H and O–H groups in total. The van der Waals surface area contributed by atoms with Crippen LogP contribution in [0.3, 0.4) is 0 Å². The summed E-state index contributed by atoms with van der Waals surface area (Å²) in [6.45, 7) is 7.86. The van der Waals surface area contributed by atoms with Gasteiger partial charge in [-0.15, -0.1) is 0 Å². The van der Waals surface area contributed by atoms with Gasteiger partial charge in [0.2, 0.25) is 0 Å². The third kappa shape index (κ3) is 5.71. The van der Waals surface area contributed by atoms with Crippen molar-refractivity contribution < 1.29 is 4.74 Å². The topological polar surface area (TPSA) is 21.3 Å². The Hall–Kier alpha value is -0.0800. The van der Waals surface area contributed by atoms with E-state index in [1.807, 2.05) is 7.11 Å². The molecule has 0 spiro atoms. The van der Waals surface area contributed by atoms with Crippen molar-refractivity contribution in [3.8, 4) is 0 Å². The standard InChI is InChI=1S/C16H33NO/c1-4-14-9-10-16(13-17-5-2)15(12-14)8-6-7-11-18-3/h14-17H,4-13H2,1-3H3. The molecular weight excluding hydrogens is 222 g/mol.